The standard InChI is InChI=1S/C16H19N5O5/c1-25-11-15(22)20-8-6-19(7-9-20)10-14-17-18-16(26-14)12-2-4-13(5-3-12)21(23)24/h2-5H,6-11H2,1H3. The van der Waals surface area contributed by atoms with Gasteiger partial charge in [0.2, 0.25) is 17.7 Å². The molecule has 1 aliphatic heterocycles. The molecule has 1 fully saturated rings. The number of piperazine rings is 1. The zero-order valence-electron chi connectivity index (χ0n) is 14.3. The quantitative estimate of drug-likeness (QED) is 0.551. The van der Waals surface area contributed by atoms with Crippen LogP contribution in [0.15, 0.2) is 28.7 Å². The molecule has 0 aliphatic carbocycles. The maximum atomic E-state index is 11.8. The largest absolute Gasteiger partial charge is 0.419 e. The number of ether oxygens (including phenoxy) is 1. The summed E-state index contributed by atoms with van der Waals surface area (Å²) >= 11 is 0. The summed E-state index contributed by atoms with van der Waals surface area (Å²) in [5.41, 5.74) is 0.638. The van der Waals surface area contributed by atoms with Crippen molar-refractivity contribution < 1.29 is 18.9 Å². The molecular formula is C16H19N5O5. The Balaban J connectivity index is 1.56. The van der Waals surface area contributed by atoms with Crippen molar-refractivity contribution in [2.75, 3.05) is 39.9 Å². The van der Waals surface area contributed by atoms with E-state index in [4.69, 9.17) is 9.15 Å². The lowest BCUT2D eigenvalue weighted by Crippen LogP contribution is -2.49. The number of nitrogens with zero attached hydrogens (tertiary/aromatic N) is 5. The van der Waals surface area contributed by atoms with Gasteiger partial charge in [-0.3, -0.25) is 19.8 Å². The van der Waals surface area contributed by atoms with Crippen molar-refractivity contribution in [3.63, 3.8) is 0 Å². The highest BCUT2D eigenvalue weighted by atomic mass is 16.6. The third-order valence-corrected chi connectivity index (χ3v) is 4.14. The summed E-state index contributed by atoms with van der Waals surface area (Å²) in [7, 11) is 1.51. The summed E-state index contributed by atoms with van der Waals surface area (Å²) in [6, 6.07) is 5.95. The van der Waals surface area contributed by atoms with Crippen LogP contribution in [0.5, 0.6) is 0 Å². The zero-order valence-corrected chi connectivity index (χ0v) is 14.3. The summed E-state index contributed by atoms with van der Waals surface area (Å²) < 4.78 is 10.5. The number of non-ortho nitro benzene ring substituents is 1. The minimum absolute atomic E-state index is 0.00869. The lowest BCUT2D eigenvalue weighted by atomic mass is 10.2. The molecule has 0 saturated carbocycles. The molecule has 1 saturated heterocycles. The number of methoxy groups -OCH3 is 1. The first-order valence-corrected chi connectivity index (χ1v) is 8.13. The van der Waals surface area contributed by atoms with Crippen LogP contribution in [0.1, 0.15) is 5.89 Å². The number of aromatic nitrogens is 2. The maximum Gasteiger partial charge on any atom is 0.269 e. The number of nitro benzene ring substituents is 1. The lowest BCUT2D eigenvalue weighted by Gasteiger charge is -2.33. The van der Waals surface area contributed by atoms with E-state index < -0.39 is 4.92 Å². The van der Waals surface area contributed by atoms with Crippen molar-refractivity contribution in [2.45, 2.75) is 6.54 Å². The number of benzene rings is 1. The van der Waals surface area contributed by atoms with Crippen molar-refractivity contribution in [1.29, 1.82) is 0 Å². The van der Waals surface area contributed by atoms with Gasteiger partial charge in [0.05, 0.1) is 11.5 Å². The van der Waals surface area contributed by atoms with Gasteiger partial charge >= 0.3 is 0 Å². The Morgan fingerprint density at radius 2 is 1.92 bits per heavy atom. The summed E-state index contributed by atoms with van der Waals surface area (Å²) in [6.07, 6.45) is 0. The maximum absolute atomic E-state index is 11.8. The van der Waals surface area contributed by atoms with Crippen LogP contribution in [-0.2, 0) is 16.1 Å². The van der Waals surface area contributed by atoms with Crippen LogP contribution in [0, 0.1) is 10.1 Å². The van der Waals surface area contributed by atoms with Crippen molar-refractivity contribution in [3.8, 4) is 11.5 Å². The number of hydrogen-bond acceptors (Lipinski definition) is 8. The summed E-state index contributed by atoms with van der Waals surface area (Å²) in [6.45, 7) is 3.28. The van der Waals surface area contributed by atoms with Crippen LogP contribution in [0.4, 0.5) is 5.69 Å². The molecule has 2 heterocycles. The highest BCUT2D eigenvalue weighted by molar-refractivity contribution is 5.77. The van der Waals surface area contributed by atoms with Gasteiger partial charge in [0.25, 0.3) is 5.69 Å². The molecule has 1 amide bonds. The molecule has 3 rings (SSSR count). The van der Waals surface area contributed by atoms with Gasteiger partial charge in [-0.1, -0.05) is 0 Å². The van der Waals surface area contributed by atoms with Gasteiger partial charge in [0.1, 0.15) is 6.61 Å². The molecule has 0 spiro atoms. The van der Waals surface area contributed by atoms with Crippen molar-refractivity contribution >= 4 is 11.6 Å². The third-order valence-electron chi connectivity index (χ3n) is 4.14. The molecule has 138 valence electrons. The van der Waals surface area contributed by atoms with E-state index in [1.54, 1.807) is 17.0 Å². The van der Waals surface area contributed by atoms with Gasteiger partial charge in [-0.05, 0) is 12.1 Å². The minimum Gasteiger partial charge on any atom is -0.419 e. The number of hydrogen-bond donors (Lipinski definition) is 0. The number of carbonyl (C=O) groups is 1. The minimum atomic E-state index is -0.458. The van der Waals surface area contributed by atoms with Gasteiger partial charge in [0, 0.05) is 51.0 Å². The highest BCUT2D eigenvalue weighted by Gasteiger charge is 2.22. The molecule has 0 bridgehead atoms. The fourth-order valence-corrected chi connectivity index (χ4v) is 2.72. The van der Waals surface area contributed by atoms with E-state index in [-0.39, 0.29) is 18.2 Å². The summed E-state index contributed by atoms with van der Waals surface area (Å²) in [4.78, 5) is 25.9. The van der Waals surface area contributed by atoms with E-state index in [9.17, 15) is 14.9 Å². The van der Waals surface area contributed by atoms with E-state index >= 15 is 0 Å². The van der Waals surface area contributed by atoms with Crippen LogP contribution in [0.25, 0.3) is 11.5 Å². The van der Waals surface area contributed by atoms with Gasteiger partial charge < -0.3 is 14.1 Å². The predicted octanol–water partition coefficient (Wildman–Crippen LogP) is 0.935. The Bertz CT molecular complexity index is 768. The molecule has 1 aromatic heterocycles. The topological polar surface area (TPSA) is 115 Å². The van der Waals surface area contributed by atoms with Gasteiger partial charge in [0.15, 0.2) is 0 Å². The first kappa shape index (κ1) is 18.0. The molecule has 0 radical (unpaired) electrons. The van der Waals surface area contributed by atoms with E-state index in [2.05, 4.69) is 15.1 Å². The number of carbonyl (C=O) groups excluding carboxylic acids is 1. The van der Waals surface area contributed by atoms with Crippen molar-refractivity contribution in [2.24, 2.45) is 0 Å². The highest BCUT2D eigenvalue weighted by Crippen LogP contribution is 2.21. The van der Waals surface area contributed by atoms with Crippen LogP contribution in [0.2, 0.25) is 0 Å². The Kier molecular flexibility index (Phi) is 5.54. The molecule has 1 aromatic carbocycles. The Morgan fingerprint density at radius 3 is 2.54 bits per heavy atom. The molecule has 10 heteroatoms. The van der Waals surface area contributed by atoms with Crippen molar-refractivity contribution in [3.05, 3.63) is 40.3 Å². The number of amides is 1. The van der Waals surface area contributed by atoms with E-state index in [1.165, 1.54) is 19.2 Å². The smallest absolute Gasteiger partial charge is 0.269 e. The molecule has 0 atom stereocenters. The molecule has 0 N–H and O–H groups in total. The molecule has 1 aliphatic rings. The SMILES string of the molecule is COCC(=O)N1CCN(Cc2nnc(-c3ccc([N+](=O)[O-])cc3)o2)CC1. The Morgan fingerprint density at radius 1 is 1.23 bits per heavy atom. The molecule has 0 unspecified atom stereocenters. The lowest BCUT2D eigenvalue weighted by molar-refractivity contribution is -0.384. The summed E-state index contributed by atoms with van der Waals surface area (Å²) in [5, 5.41) is 18.7. The Labute approximate surface area is 149 Å². The second-order valence-corrected chi connectivity index (χ2v) is 5.89. The third kappa shape index (κ3) is 4.21. The van der Waals surface area contributed by atoms with E-state index in [0.717, 1.165) is 0 Å². The normalized spacial score (nSPS) is 15.2. The predicted molar refractivity (Wildman–Crippen MR) is 90.1 cm³/mol. The zero-order chi connectivity index (χ0) is 18.5. The first-order chi connectivity index (χ1) is 12.6. The van der Waals surface area contributed by atoms with E-state index in [0.29, 0.717) is 50.1 Å². The van der Waals surface area contributed by atoms with Crippen LogP contribution in [-0.4, -0.2) is 70.7 Å². The summed E-state index contributed by atoms with van der Waals surface area (Å²) in [5.74, 6) is 0.782. The monoisotopic (exact) mass is 361 g/mol. The van der Waals surface area contributed by atoms with Gasteiger partial charge in [-0.25, -0.2) is 0 Å². The Hall–Kier alpha value is -2.85. The van der Waals surface area contributed by atoms with Crippen LogP contribution >= 0.6 is 0 Å². The second kappa shape index (κ2) is 8.02. The average molecular weight is 361 g/mol. The fraction of sp³-hybridized carbons (Fsp3) is 0.438. The number of rotatable bonds is 6. The van der Waals surface area contributed by atoms with E-state index in [1.807, 2.05) is 0 Å². The molecule has 2 aromatic rings. The molecular weight excluding hydrogens is 342 g/mol. The van der Waals surface area contributed by atoms with Gasteiger partial charge in [-0.15, -0.1) is 10.2 Å². The van der Waals surface area contributed by atoms with Crippen LogP contribution < -0.4 is 0 Å². The molecule has 10 nitrogen and oxygen atoms in total. The van der Waals surface area contributed by atoms with Crippen molar-refractivity contribution in [1.82, 2.24) is 20.0 Å². The molecule has 26 heavy (non-hydrogen) atoms. The number of nitro groups is 1. The van der Waals surface area contributed by atoms with Crippen LogP contribution in [0.3, 0.4) is 0 Å². The first-order valence-electron chi connectivity index (χ1n) is 8.13. The van der Waals surface area contributed by atoms with Gasteiger partial charge in [-0.2, -0.15) is 0 Å². The average Bonchev–Trinajstić information content (AvgIpc) is 3.11. The fourth-order valence-electron chi connectivity index (χ4n) is 2.72. The second-order valence-electron chi connectivity index (χ2n) is 5.89.